The molecule has 0 amide bonds. The highest BCUT2D eigenvalue weighted by atomic mass is 16.3. The second kappa shape index (κ2) is 14.1. The van der Waals surface area contributed by atoms with E-state index in [1.165, 1.54) is 101 Å². The minimum Gasteiger partial charge on any atom is -0.466 e. The predicted molar refractivity (Wildman–Crippen MR) is 313 cm³/mol. The Bertz CT molecular complexity index is 4290. The maximum absolute atomic E-state index is 7.58. The number of aromatic nitrogens is 1. The van der Waals surface area contributed by atoms with Gasteiger partial charge in [-0.2, -0.15) is 0 Å². The molecule has 0 saturated heterocycles. The van der Waals surface area contributed by atoms with Crippen molar-refractivity contribution in [2.24, 2.45) is 0 Å². The molecule has 4 nitrogen and oxygen atoms in total. The average molecular weight is 963 g/mol. The van der Waals surface area contributed by atoms with E-state index in [4.69, 9.17) is 8.83 Å². The summed E-state index contributed by atoms with van der Waals surface area (Å²) in [6.45, 7) is 28.4. The van der Waals surface area contributed by atoms with Gasteiger partial charge < -0.3 is 18.2 Å². The third-order valence-electron chi connectivity index (χ3n) is 18.5. The van der Waals surface area contributed by atoms with Crippen LogP contribution < -0.4 is 15.9 Å². The number of para-hydroxylation sites is 1. The summed E-state index contributed by atoms with van der Waals surface area (Å²) in [7, 11) is 0. The molecule has 0 unspecified atom stereocenters. The first kappa shape index (κ1) is 44.3. The van der Waals surface area contributed by atoms with Crippen LogP contribution in [0.4, 0.5) is 11.4 Å². The zero-order valence-electron chi connectivity index (χ0n) is 45.0. The van der Waals surface area contributed by atoms with E-state index in [2.05, 4.69) is 232 Å². The van der Waals surface area contributed by atoms with Crippen LogP contribution in [0.1, 0.15) is 129 Å². The standard InChI is InChI=1S/C69H63BN2O2/c1-65(2,3)40-23-26-42(27-24-40)72-54-36-45-44-34-51-52(68(9,10)31-30-67(51,7)8)37-50(44)69(11,12)49(45)35-47(54)57-58-43-20-16-17-21-55(43)73-63(58)59-46-33-41(66(4,5)6)25-28-53(46)71-61-48-32-39(38-18-14-13-15-19-38)22-29-56(48)74-64(61)70(72)60(57)62(59)71/h13-29,32-37H,30-31H2,1-12H3. The number of anilines is 2. The molecule has 5 heterocycles. The minimum atomic E-state index is -0.324. The van der Waals surface area contributed by atoms with Gasteiger partial charge >= 0.3 is 6.85 Å². The van der Waals surface area contributed by atoms with Gasteiger partial charge in [-0.15, -0.1) is 0 Å². The lowest BCUT2D eigenvalue weighted by Gasteiger charge is -2.42. The lowest BCUT2D eigenvalue weighted by atomic mass is 9.46. The summed E-state index contributed by atoms with van der Waals surface area (Å²) >= 11 is 0. The zero-order chi connectivity index (χ0) is 50.9. The van der Waals surface area contributed by atoms with Crippen LogP contribution in [0, 0.1) is 0 Å². The maximum atomic E-state index is 7.58. The van der Waals surface area contributed by atoms with Gasteiger partial charge in [0.05, 0.1) is 22.1 Å². The molecule has 15 rings (SSSR count). The molecule has 11 aromatic rings. The van der Waals surface area contributed by atoms with E-state index in [1.807, 2.05) is 0 Å². The molecule has 0 fully saturated rings. The van der Waals surface area contributed by atoms with E-state index in [1.54, 1.807) is 0 Å². The van der Waals surface area contributed by atoms with E-state index < -0.39 is 0 Å². The van der Waals surface area contributed by atoms with Gasteiger partial charge in [0, 0.05) is 43.9 Å². The first-order chi connectivity index (χ1) is 35.2. The highest BCUT2D eigenvalue weighted by molar-refractivity contribution is 6.93. The summed E-state index contributed by atoms with van der Waals surface area (Å²) in [6, 6.07) is 53.4. The molecule has 8 aromatic carbocycles. The topological polar surface area (TPSA) is 34.5 Å². The molecule has 2 aliphatic carbocycles. The number of hydrogen-bond acceptors (Lipinski definition) is 3. The Hall–Kier alpha value is -7.24. The van der Waals surface area contributed by atoms with Crippen molar-refractivity contribution >= 4 is 84.1 Å². The van der Waals surface area contributed by atoms with Crippen molar-refractivity contribution in [1.29, 1.82) is 0 Å². The Morgan fingerprint density at radius 2 is 1.15 bits per heavy atom. The number of rotatable bonds is 2. The third-order valence-corrected chi connectivity index (χ3v) is 18.5. The highest BCUT2D eigenvalue weighted by Crippen LogP contribution is 2.59. The van der Waals surface area contributed by atoms with Crippen molar-refractivity contribution in [3.63, 3.8) is 0 Å². The van der Waals surface area contributed by atoms with Gasteiger partial charge in [0.2, 0.25) is 0 Å². The van der Waals surface area contributed by atoms with Crippen LogP contribution in [0.15, 0.2) is 148 Å². The Morgan fingerprint density at radius 3 is 1.88 bits per heavy atom. The number of hydrogen-bond donors (Lipinski definition) is 0. The van der Waals surface area contributed by atoms with Crippen LogP contribution in [-0.2, 0) is 27.1 Å². The van der Waals surface area contributed by atoms with Crippen LogP contribution in [0.3, 0.4) is 0 Å². The SMILES string of the molecule is CC(C)(C)c1ccc(N2B3c4oc5ccc(-c6ccccc6)cc5c4-n4c5ccc(C(C)(C)C)cc5c5c6oc7ccccc7c6c(c3c54)-c3cc4c(cc32)-c2cc3c(cc2C4(C)C)C(C)(C)CCC3(C)C)cc1. The van der Waals surface area contributed by atoms with Gasteiger partial charge in [0.15, 0.2) is 0 Å². The average Bonchev–Trinajstić information content (AvgIpc) is 4.12. The van der Waals surface area contributed by atoms with Crippen LogP contribution in [0.2, 0.25) is 0 Å². The molecule has 0 saturated carbocycles. The van der Waals surface area contributed by atoms with Crippen LogP contribution >= 0.6 is 0 Å². The largest absolute Gasteiger partial charge is 0.466 e. The lowest BCUT2D eigenvalue weighted by molar-refractivity contribution is 0.331. The molecule has 5 heteroatoms. The molecule has 2 aliphatic heterocycles. The van der Waals surface area contributed by atoms with Crippen molar-refractivity contribution in [1.82, 2.24) is 4.57 Å². The van der Waals surface area contributed by atoms with Crippen molar-refractivity contribution in [3.8, 4) is 39.1 Å². The summed E-state index contributed by atoms with van der Waals surface area (Å²) in [5.74, 6) is 0. The van der Waals surface area contributed by atoms with Gasteiger partial charge in [-0.3, -0.25) is 0 Å². The van der Waals surface area contributed by atoms with Gasteiger partial charge in [0.25, 0.3) is 0 Å². The lowest BCUT2D eigenvalue weighted by Crippen LogP contribution is -2.60. The molecule has 0 spiro atoms. The van der Waals surface area contributed by atoms with Gasteiger partial charge in [-0.05, 0) is 162 Å². The van der Waals surface area contributed by atoms with Gasteiger partial charge in [0.1, 0.15) is 22.4 Å². The van der Waals surface area contributed by atoms with E-state index >= 15 is 0 Å². The second-order valence-corrected chi connectivity index (χ2v) is 26.3. The number of nitrogens with zero attached hydrogens (tertiary/aromatic N) is 2. The fraction of sp³-hybridized carbons (Fsp3) is 0.275. The molecule has 74 heavy (non-hydrogen) atoms. The quantitative estimate of drug-likeness (QED) is 0.162. The number of furan rings is 2. The summed E-state index contributed by atoms with van der Waals surface area (Å²) < 4.78 is 17.5. The minimum absolute atomic E-state index is 0.0112. The first-order valence-corrected chi connectivity index (χ1v) is 27.1. The Labute approximate surface area is 435 Å². The molecule has 0 N–H and O–H groups in total. The molecule has 364 valence electrons. The zero-order valence-corrected chi connectivity index (χ0v) is 45.0. The molecular formula is C69H63BN2O2. The van der Waals surface area contributed by atoms with E-state index in [9.17, 15) is 0 Å². The van der Waals surface area contributed by atoms with E-state index in [-0.39, 0.29) is 33.9 Å². The third kappa shape index (κ3) is 5.71. The molecule has 3 aromatic heterocycles. The van der Waals surface area contributed by atoms with Crippen molar-refractivity contribution in [3.05, 3.63) is 173 Å². The number of fused-ring (bicyclic) bond motifs is 19. The smallest absolute Gasteiger partial charge is 0.376 e. The van der Waals surface area contributed by atoms with Crippen molar-refractivity contribution < 1.29 is 8.83 Å². The Morgan fingerprint density at radius 1 is 0.514 bits per heavy atom. The van der Waals surface area contributed by atoms with Crippen LogP contribution in [0.25, 0.3) is 93.8 Å². The molecule has 0 radical (unpaired) electrons. The highest BCUT2D eigenvalue weighted by Gasteiger charge is 2.51. The first-order valence-electron chi connectivity index (χ1n) is 27.1. The monoisotopic (exact) mass is 962 g/mol. The fourth-order valence-corrected chi connectivity index (χ4v) is 14.2. The Balaban J connectivity index is 1.14. The van der Waals surface area contributed by atoms with Crippen LogP contribution in [0.5, 0.6) is 0 Å². The van der Waals surface area contributed by atoms with E-state index in [0.717, 1.165) is 61.0 Å². The van der Waals surface area contributed by atoms with E-state index in [0.29, 0.717) is 0 Å². The summed E-state index contributed by atoms with van der Waals surface area (Å²) in [5.41, 5.74) is 26.5. The summed E-state index contributed by atoms with van der Waals surface area (Å²) in [5, 5.41) is 5.78. The molecule has 0 atom stereocenters. The number of benzene rings is 8. The van der Waals surface area contributed by atoms with Crippen molar-refractivity contribution in [2.75, 3.05) is 4.81 Å². The second-order valence-electron chi connectivity index (χ2n) is 26.3. The fourth-order valence-electron chi connectivity index (χ4n) is 14.2. The Kier molecular flexibility index (Phi) is 8.45. The van der Waals surface area contributed by atoms with Gasteiger partial charge in [-0.1, -0.05) is 162 Å². The van der Waals surface area contributed by atoms with Crippen LogP contribution in [-0.4, -0.2) is 11.4 Å². The molecular weight excluding hydrogens is 900 g/mol. The van der Waals surface area contributed by atoms with Crippen molar-refractivity contribution in [2.45, 2.75) is 123 Å². The maximum Gasteiger partial charge on any atom is 0.376 e. The summed E-state index contributed by atoms with van der Waals surface area (Å²) in [4.78, 5) is 2.66. The molecule has 4 aliphatic rings. The molecule has 0 bridgehead atoms. The summed E-state index contributed by atoms with van der Waals surface area (Å²) in [6.07, 6.45) is 2.36. The predicted octanol–water partition coefficient (Wildman–Crippen LogP) is 17.6. The normalized spacial score (nSPS) is 16.8. The van der Waals surface area contributed by atoms with Gasteiger partial charge in [-0.25, -0.2) is 0 Å².